The molecule has 0 unspecified atom stereocenters. The summed E-state index contributed by atoms with van der Waals surface area (Å²) in [6.45, 7) is 3.95. The summed E-state index contributed by atoms with van der Waals surface area (Å²) in [5, 5.41) is 0. The molecule has 2 nitrogen and oxygen atoms in total. The van der Waals surface area contributed by atoms with Crippen molar-refractivity contribution >= 4 is 0 Å². The zero-order chi connectivity index (χ0) is 11.7. The predicted molar refractivity (Wildman–Crippen MR) is 62.1 cm³/mol. The molecule has 1 aromatic carbocycles. The first kappa shape index (κ1) is 11.4. The van der Waals surface area contributed by atoms with Crippen molar-refractivity contribution in [1.29, 1.82) is 0 Å². The van der Waals surface area contributed by atoms with E-state index in [-0.39, 0.29) is 23.9 Å². The van der Waals surface area contributed by atoms with Crippen LogP contribution in [0.25, 0.3) is 0 Å². The number of ether oxygens (including phenoxy) is 1. The van der Waals surface area contributed by atoms with Crippen molar-refractivity contribution in [3.05, 3.63) is 29.6 Å². The second kappa shape index (κ2) is 4.42. The van der Waals surface area contributed by atoms with Crippen LogP contribution in [-0.4, -0.2) is 12.1 Å². The van der Waals surface area contributed by atoms with Gasteiger partial charge in [0.1, 0.15) is 17.7 Å². The summed E-state index contributed by atoms with van der Waals surface area (Å²) in [5.41, 5.74) is 6.39. The smallest absolute Gasteiger partial charge is 0.126 e. The lowest BCUT2D eigenvalue weighted by molar-refractivity contribution is 0.101. The molecular formula is C13H18FNO. The van der Waals surface area contributed by atoms with Gasteiger partial charge in [0.15, 0.2) is 0 Å². The quantitative estimate of drug-likeness (QED) is 0.855. The maximum absolute atomic E-state index is 13.4. The zero-order valence-electron chi connectivity index (χ0n) is 9.74. The molecule has 2 rings (SSSR count). The lowest BCUT2D eigenvalue weighted by Gasteiger charge is -2.32. The van der Waals surface area contributed by atoms with Crippen LogP contribution < -0.4 is 10.5 Å². The van der Waals surface area contributed by atoms with Gasteiger partial charge in [0, 0.05) is 6.04 Å². The van der Waals surface area contributed by atoms with Crippen LogP contribution in [-0.2, 0) is 0 Å². The minimum atomic E-state index is -0.160. The molecular weight excluding hydrogens is 205 g/mol. The molecule has 0 radical (unpaired) electrons. The molecule has 0 heterocycles. The third kappa shape index (κ3) is 2.35. The van der Waals surface area contributed by atoms with Gasteiger partial charge in [-0.05, 0) is 42.5 Å². The number of hydrogen-bond acceptors (Lipinski definition) is 2. The van der Waals surface area contributed by atoms with Crippen LogP contribution in [0.4, 0.5) is 4.39 Å². The van der Waals surface area contributed by atoms with Gasteiger partial charge in [0.25, 0.3) is 0 Å². The largest absolute Gasteiger partial charge is 0.490 e. The van der Waals surface area contributed by atoms with E-state index in [0.29, 0.717) is 5.56 Å². The second-order valence-electron chi connectivity index (χ2n) is 4.81. The lowest BCUT2D eigenvalue weighted by Crippen LogP contribution is -2.43. The number of halogens is 1. The van der Waals surface area contributed by atoms with Crippen molar-refractivity contribution in [2.45, 2.75) is 44.8 Å². The van der Waals surface area contributed by atoms with Crippen LogP contribution >= 0.6 is 0 Å². The Labute approximate surface area is 95.6 Å². The minimum Gasteiger partial charge on any atom is -0.490 e. The molecule has 0 aliphatic heterocycles. The van der Waals surface area contributed by atoms with Gasteiger partial charge < -0.3 is 10.5 Å². The zero-order valence-corrected chi connectivity index (χ0v) is 9.74. The first-order chi connectivity index (χ1) is 7.56. The average molecular weight is 223 g/mol. The molecule has 0 spiro atoms. The normalized spacial score (nSPS) is 24.3. The van der Waals surface area contributed by atoms with Crippen molar-refractivity contribution in [3.8, 4) is 5.75 Å². The van der Waals surface area contributed by atoms with E-state index in [1.807, 2.05) is 13.8 Å². The maximum atomic E-state index is 13.4. The number of hydrogen-bond donors (Lipinski definition) is 1. The van der Waals surface area contributed by atoms with Crippen LogP contribution in [0.1, 0.15) is 38.2 Å². The Kier molecular flexibility index (Phi) is 3.15. The Morgan fingerprint density at radius 3 is 2.62 bits per heavy atom. The third-order valence-electron chi connectivity index (χ3n) is 3.02. The summed E-state index contributed by atoms with van der Waals surface area (Å²) in [4.78, 5) is 0. The van der Waals surface area contributed by atoms with E-state index in [1.54, 1.807) is 12.1 Å². The van der Waals surface area contributed by atoms with E-state index in [0.717, 1.165) is 18.6 Å². The summed E-state index contributed by atoms with van der Waals surface area (Å²) >= 11 is 0. The fourth-order valence-electron chi connectivity index (χ4n) is 1.93. The van der Waals surface area contributed by atoms with E-state index < -0.39 is 0 Å². The van der Waals surface area contributed by atoms with Gasteiger partial charge in [0.05, 0.1) is 0 Å². The Morgan fingerprint density at radius 2 is 2.06 bits per heavy atom. The lowest BCUT2D eigenvalue weighted by atomic mass is 9.90. The van der Waals surface area contributed by atoms with Crippen LogP contribution in [0.2, 0.25) is 0 Å². The molecule has 0 saturated heterocycles. The Balaban J connectivity index is 2.07. The van der Waals surface area contributed by atoms with Crippen molar-refractivity contribution in [3.63, 3.8) is 0 Å². The highest BCUT2D eigenvalue weighted by Gasteiger charge is 2.27. The first-order valence-electron chi connectivity index (χ1n) is 5.78. The van der Waals surface area contributed by atoms with Crippen LogP contribution in [0.5, 0.6) is 5.75 Å². The molecule has 16 heavy (non-hydrogen) atoms. The molecule has 1 saturated carbocycles. The summed E-state index contributed by atoms with van der Waals surface area (Å²) in [7, 11) is 0. The van der Waals surface area contributed by atoms with E-state index in [9.17, 15) is 4.39 Å². The van der Waals surface area contributed by atoms with Crippen molar-refractivity contribution in [2.75, 3.05) is 0 Å². The van der Waals surface area contributed by atoms with Crippen LogP contribution in [0.15, 0.2) is 18.2 Å². The average Bonchev–Trinajstić information content (AvgIpc) is 2.18. The van der Waals surface area contributed by atoms with Crippen LogP contribution in [0.3, 0.4) is 0 Å². The number of rotatable bonds is 3. The fraction of sp³-hybridized carbons (Fsp3) is 0.538. The molecule has 1 aliphatic carbocycles. The van der Waals surface area contributed by atoms with E-state index in [1.165, 1.54) is 6.07 Å². The summed E-state index contributed by atoms with van der Waals surface area (Å²) in [5.74, 6) is 0.766. The fourth-order valence-corrected chi connectivity index (χ4v) is 1.93. The summed E-state index contributed by atoms with van der Waals surface area (Å²) in [6, 6.07) is 5.23. The maximum Gasteiger partial charge on any atom is 0.126 e. The SMILES string of the molecule is CC(C)c1cc(O[C@H]2C[C@H](N)C2)ccc1F. The summed E-state index contributed by atoms with van der Waals surface area (Å²) in [6.07, 6.45) is 2.00. The van der Waals surface area contributed by atoms with E-state index in [4.69, 9.17) is 10.5 Å². The Morgan fingerprint density at radius 1 is 1.38 bits per heavy atom. The molecule has 1 aromatic rings. The third-order valence-corrected chi connectivity index (χ3v) is 3.02. The molecule has 1 fully saturated rings. The number of benzene rings is 1. The standard InChI is InChI=1S/C13H18FNO/c1-8(2)12-7-10(3-4-13(12)14)16-11-5-9(15)6-11/h3-4,7-9,11H,5-6,15H2,1-2H3/t9-,11-. The topological polar surface area (TPSA) is 35.2 Å². The highest BCUT2D eigenvalue weighted by molar-refractivity contribution is 5.32. The molecule has 1 aliphatic rings. The van der Waals surface area contributed by atoms with Gasteiger partial charge in [-0.3, -0.25) is 0 Å². The summed E-state index contributed by atoms with van der Waals surface area (Å²) < 4.78 is 19.2. The van der Waals surface area contributed by atoms with E-state index >= 15 is 0 Å². The molecule has 2 N–H and O–H groups in total. The Hall–Kier alpha value is -1.09. The van der Waals surface area contributed by atoms with Gasteiger partial charge in [-0.1, -0.05) is 13.8 Å². The molecule has 0 atom stereocenters. The molecule has 0 amide bonds. The molecule has 0 bridgehead atoms. The minimum absolute atomic E-state index is 0.160. The van der Waals surface area contributed by atoms with Gasteiger partial charge >= 0.3 is 0 Å². The predicted octanol–water partition coefficient (Wildman–Crippen LogP) is 2.82. The number of nitrogens with two attached hydrogens (primary N) is 1. The Bertz CT molecular complexity index is 372. The molecule has 3 heteroatoms. The van der Waals surface area contributed by atoms with Crippen molar-refractivity contribution in [1.82, 2.24) is 0 Å². The second-order valence-corrected chi connectivity index (χ2v) is 4.81. The highest BCUT2D eigenvalue weighted by atomic mass is 19.1. The van der Waals surface area contributed by atoms with Gasteiger partial charge in [0.2, 0.25) is 0 Å². The monoisotopic (exact) mass is 223 g/mol. The van der Waals surface area contributed by atoms with Crippen molar-refractivity contribution < 1.29 is 9.13 Å². The molecule has 0 aromatic heterocycles. The van der Waals surface area contributed by atoms with Gasteiger partial charge in [-0.2, -0.15) is 0 Å². The molecule has 88 valence electrons. The van der Waals surface area contributed by atoms with Crippen LogP contribution in [0, 0.1) is 5.82 Å². The van der Waals surface area contributed by atoms with Gasteiger partial charge in [-0.25, -0.2) is 4.39 Å². The highest BCUT2D eigenvalue weighted by Crippen LogP contribution is 2.28. The van der Waals surface area contributed by atoms with Gasteiger partial charge in [-0.15, -0.1) is 0 Å². The first-order valence-corrected chi connectivity index (χ1v) is 5.78. The van der Waals surface area contributed by atoms with E-state index in [2.05, 4.69) is 0 Å². The van der Waals surface area contributed by atoms with Crippen molar-refractivity contribution in [2.24, 2.45) is 5.73 Å².